The van der Waals surface area contributed by atoms with Crippen LogP contribution in [-0.4, -0.2) is 20.0 Å². The Kier molecular flexibility index (Phi) is 5.64. The first-order valence-electron chi connectivity index (χ1n) is 7.46. The summed E-state index contributed by atoms with van der Waals surface area (Å²) in [4.78, 5) is 24.0. The first-order chi connectivity index (χ1) is 11.3. The second-order valence-corrected chi connectivity index (χ2v) is 7.24. The van der Waals surface area contributed by atoms with Gasteiger partial charge in [0.15, 0.2) is 0 Å². The van der Waals surface area contributed by atoms with Crippen molar-refractivity contribution in [2.75, 3.05) is 0 Å². The number of sulfonamides is 1. The van der Waals surface area contributed by atoms with Crippen molar-refractivity contribution in [1.29, 1.82) is 0 Å². The summed E-state index contributed by atoms with van der Waals surface area (Å²) in [6.45, 7) is 2.58. The van der Waals surface area contributed by atoms with Crippen LogP contribution in [0, 0.1) is 5.92 Å². The van der Waals surface area contributed by atoms with Crippen LogP contribution >= 0.6 is 0 Å². The van der Waals surface area contributed by atoms with Crippen LogP contribution in [0.5, 0.6) is 0 Å². The van der Waals surface area contributed by atoms with Gasteiger partial charge in [-0.15, -0.1) is 0 Å². The molecule has 2 aromatic carbocycles. The predicted octanol–water partition coefficient (Wildman–Crippen LogP) is 2.50. The zero-order valence-electron chi connectivity index (χ0n) is 13.5. The van der Waals surface area contributed by atoms with Gasteiger partial charge in [-0.1, -0.05) is 48.5 Å². The lowest BCUT2D eigenvalue weighted by Gasteiger charge is -2.25. The summed E-state index contributed by atoms with van der Waals surface area (Å²) in [5.74, 6) is -1.84. The van der Waals surface area contributed by atoms with Gasteiger partial charge in [0.2, 0.25) is 10.0 Å². The molecule has 24 heavy (non-hydrogen) atoms. The van der Waals surface area contributed by atoms with E-state index in [4.69, 9.17) is 0 Å². The number of nitrogens with one attached hydrogen (secondary N) is 1. The van der Waals surface area contributed by atoms with E-state index in [0.717, 1.165) is 0 Å². The molecule has 0 aliphatic rings. The smallest absolute Gasteiger partial charge is 0.241 e. The van der Waals surface area contributed by atoms with Gasteiger partial charge in [-0.25, -0.2) is 13.1 Å². The fourth-order valence-electron chi connectivity index (χ4n) is 2.58. The molecule has 0 radical (unpaired) electrons. The number of carbonyl (C=O) groups excluding carboxylic acids is 2. The molecule has 0 aliphatic heterocycles. The highest BCUT2D eigenvalue weighted by atomic mass is 32.2. The molecule has 0 spiro atoms. The molecule has 5 nitrogen and oxygen atoms in total. The first-order valence-corrected chi connectivity index (χ1v) is 8.94. The van der Waals surface area contributed by atoms with Gasteiger partial charge in [-0.05, 0) is 31.5 Å². The monoisotopic (exact) mass is 345 g/mol. The van der Waals surface area contributed by atoms with Crippen LogP contribution in [0.15, 0.2) is 65.6 Å². The van der Waals surface area contributed by atoms with Crippen molar-refractivity contribution in [3.05, 3.63) is 66.2 Å². The van der Waals surface area contributed by atoms with Gasteiger partial charge in [0.25, 0.3) is 0 Å². The van der Waals surface area contributed by atoms with Gasteiger partial charge in [0.1, 0.15) is 11.6 Å². The third-order valence-corrected chi connectivity index (χ3v) is 5.16. The molecule has 0 saturated heterocycles. The Bertz CT molecular complexity index is 803. The number of benzene rings is 2. The van der Waals surface area contributed by atoms with E-state index >= 15 is 0 Å². The maximum Gasteiger partial charge on any atom is 0.241 e. The highest BCUT2D eigenvalue weighted by Crippen LogP contribution is 2.26. The summed E-state index contributed by atoms with van der Waals surface area (Å²) in [5, 5.41) is 0. The van der Waals surface area contributed by atoms with Crippen LogP contribution in [0.3, 0.4) is 0 Å². The van der Waals surface area contributed by atoms with E-state index in [9.17, 15) is 18.0 Å². The van der Waals surface area contributed by atoms with Gasteiger partial charge in [-0.2, -0.15) is 0 Å². The standard InChI is InChI=1S/C18H19NO4S/c1-13(20)17(14(2)21)18(15-9-5-3-6-10-15)19-24(22,23)16-11-7-4-8-12-16/h3-12,17-19H,1-2H3. The molecular formula is C18H19NO4S. The maximum atomic E-state index is 12.6. The molecule has 0 saturated carbocycles. The van der Waals surface area contributed by atoms with Crippen LogP contribution in [0.4, 0.5) is 0 Å². The molecule has 1 N–H and O–H groups in total. The summed E-state index contributed by atoms with van der Waals surface area (Å²) in [6, 6.07) is 15.5. The number of Topliss-reactive ketones (excluding diaryl/α,β-unsaturated/α-hetero) is 2. The summed E-state index contributed by atoms with van der Waals surface area (Å²) in [5.41, 5.74) is 0.562. The zero-order chi connectivity index (χ0) is 17.7. The Balaban J connectivity index is 2.48. The van der Waals surface area contributed by atoms with Crippen molar-refractivity contribution < 1.29 is 18.0 Å². The molecule has 2 aromatic rings. The average molecular weight is 345 g/mol. The molecule has 0 bridgehead atoms. The summed E-state index contributed by atoms with van der Waals surface area (Å²) in [6.07, 6.45) is 0. The van der Waals surface area contributed by atoms with Crippen LogP contribution in [0.1, 0.15) is 25.5 Å². The molecule has 6 heteroatoms. The van der Waals surface area contributed by atoms with Crippen LogP contribution < -0.4 is 4.72 Å². The van der Waals surface area contributed by atoms with E-state index in [1.807, 2.05) is 0 Å². The minimum atomic E-state index is -3.87. The molecule has 0 fully saturated rings. The molecule has 0 aliphatic carbocycles. The Labute approximate surface area is 141 Å². The normalized spacial score (nSPS) is 12.8. The van der Waals surface area contributed by atoms with E-state index in [1.165, 1.54) is 26.0 Å². The van der Waals surface area contributed by atoms with Gasteiger partial charge < -0.3 is 0 Å². The summed E-state index contributed by atoms with van der Waals surface area (Å²) in [7, 11) is -3.87. The van der Waals surface area contributed by atoms with E-state index in [2.05, 4.69) is 4.72 Å². The lowest BCUT2D eigenvalue weighted by molar-refractivity contribution is -0.131. The zero-order valence-corrected chi connectivity index (χ0v) is 14.3. The Morgan fingerprint density at radius 2 is 1.29 bits per heavy atom. The molecule has 126 valence electrons. The molecule has 1 atom stereocenters. The van der Waals surface area contributed by atoms with E-state index < -0.39 is 22.0 Å². The highest BCUT2D eigenvalue weighted by molar-refractivity contribution is 7.89. The van der Waals surface area contributed by atoms with Crippen molar-refractivity contribution in [1.82, 2.24) is 4.72 Å². The van der Waals surface area contributed by atoms with Crippen molar-refractivity contribution in [3.8, 4) is 0 Å². The van der Waals surface area contributed by atoms with Crippen molar-refractivity contribution >= 4 is 21.6 Å². The lowest BCUT2D eigenvalue weighted by atomic mass is 9.88. The SMILES string of the molecule is CC(=O)C(C(C)=O)C(NS(=O)(=O)c1ccccc1)c1ccccc1. The maximum absolute atomic E-state index is 12.6. The van der Waals surface area contributed by atoms with Gasteiger partial charge >= 0.3 is 0 Å². The van der Waals surface area contributed by atoms with E-state index in [0.29, 0.717) is 5.56 Å². The molecular weight excluding hydrogens is 326 g/mol. The van der Waals surface area contributed by atoms with E-state index in [1.54, 1.807) is 48.5 Å². The molecule has 0 aromatic heterocycles. The Morgan fingerprint density at radius 3 is 1.75 bits per heavy atom. The second kappa shape index (κ2) is 7.51. The second-order valence-electron chi connectivity index (χ2n) is 5.52. The molecule has 1 unspecified atom stereocenters. The van der Waals surface area contributed by atoms with Crippen LogP contribution in [-0.2, 0) is 19.6 Å². The van der Waals surface area contributed by atoms with Crippen molar-refractivity contribution in [2.24, 2.45) is 5.92 Å². The third-order valence-electron chi connectivity index (χ3n) is 3.70. The average Bonchev–Trinajstić information content (AvgIpc) is 2.55. The molecule has 0 amide bonds. The molecule has 2 rings (SSSR count). The van der Waals surface area contributed by atoms with Crippen LogP contribution in [0.2, 0.25) is 0 Å². The summed E-state index contributed by atoms with van der Waals surface area (Å²) < 4.78 is 27.8. The molecule has 0 heterocycles. The summed E-state index contributed by atoms with van der Waals surface area (Å²) >= 11 is 0. The Hall–Kier alpha value is -2.31. The number of hydrogen-bond acceptors (Lipinski definition) is 4. The minimum absolute atomic E-state index is 0.0804. The number of hydrogen-bond donors (Lipinski definition) is 1. The van der Waals surface area contributed by atoms with Gasteiger partial charge in [-0.3, -0.25) is 9.59 Å². The van der Waals surface area contributed by atoms with E-state index in [-0.39, 0.29) is 16.5 Å². The number of ketones is 2. The predicted molar refractivity (Wildman–Crippen MR) is 90.8 cm³/mol. The fraction of sp³-hybridized carbons (Fsp3) is 0.222. The van der Waals surface area contributed by atoms with Gasteiger partial charge in [0.05, 0.1) is 16.9 Å². The quantitative estimate of drug-likeness (QED) is 0.782. The van der Waals surface area contributed by atoms with Gasteiger partial charge in [0, 0.05) is 0 Å². The van der Waals surface area contributed by atoms with Crippen LogP contribution in [0.25, 0.3) is 0 Å². The largest absolute Gasteiger partial charge is 0.299 e. The number of rotatable bonds is 7. The highest BCUT2D eigenvalue weighted by Gasteiger charge is 2.34. The first kappa shape index (κ1) is 18.0. The minimum Gasteiger partial charge on any atom is -0.299 e. The fourth-order valence-corrected chi connectivity index (χ4v) is 3.84. The lowest BCUT2D eigenvalue weighted by Crippen LogP contribution is -2.39. The number of carbonyl (C=O) groups is 2. The topological polar surface area (TPSA) is 80.3 Å². The third kappa shape index (κ3) is 4.15. The van der Waals surface area contributed by atoms with Crippen molar-refractivity contribution in [2.45, 2.75) is 24.8 Å². The van der Waals surface area contributed by atoms with Crippen molar-refractivity contribution in [3.63, 3.8) is 0 Å². The Morgan fingerprint density at radius 1 is 0.833 bits per heavy atom.